The number of carbonyl (C=O) groups is 1. The molecule has 0 saturated heterocycles. The van der Waals surface area contributed by atoms with Crippen LogP contribution in [-0.4, -0.2) is 38.2 Å². The van der Waals surface area contributed by atoms with E-state index in [1.807, 2.05) is 12.1 Å². The Morgan fingerprint density at radius 3 is 2.65 bits per heavy atom. The molecule has 2 aromatic carbocycles. The first-order valence-corrected chi connectivity index (χ1v) is 10.3. The SMILES string of the molecule is COc1cccc(NC(=O)NC[C@@H](c2ccco2)N2CCc3ccccc3C2)c1OC. The van der Waals surface area contributed by atoms with Crippen molar-refractivity contribution >= 4 is 11.7 Å². The number of ether oxygens (including phenoxy) is 2. The van der Waals surface area contributed by atoms with Crippen molar-refractivity contribution in [1.29, 1.82) is 0 Å². The summed E-state index contributed by atoms with van der Waals surface area (Å²) in [4.78, 5) is 15.0. The van der Waals surface area contributed by atoms with Crippen LogP contribution >= 0.6 is 0 Å². The fraction of sp³-hybridized carbons (Fsp3) is 0.292. The van der Waals surface area contributed by atoms with Crippen LogP contribution < -0.4 is 20.1 Å². The maximum atomic E-state index is 12.7. The minimum Gasteiger partial charge on any atom is -0.493 e. The number of nitrogens with zero attached hydrogens (tertiary/aromatic N) is 1. The average Bonchev–Trinajstić information content (AvgIpc) is 3.33. The molecule has 0 aliphatic carbocycles. The molecule has 1 aromatic heterocycles. The van der Waals surface area contributed by atoms with Crippen LogP contribution in [0, 0.1) is 0 Å². The number of anilines is 1. The second kappa shape index (κ2) is 9.57. The van der Waals surface area contributed by atoms with Crippen molar-refractivity contribution in [2.24, 2.45) is 0 Å². The molecule has 3 aromatic rings. The lowest BCUT2D eigenvalue weighted by molar-refractivity contribution is 0.156. The van der Waals surface area contributed by atoms with Gasteiger partial charge in [-0.3, -0.25) is 4.90 Å². The van der Waals surface area contributed by atoms with Gasteiger partial charge >= 0.3 is 6.03 Å². The zero-order valence-electron chi connectivity index (χ0n) is 17.8. The average molecular weight is 421 g/mol. The summed E-state index contributed by atoms with van der Waals surface area (Å²) in [5, 5.41) is 5.83. The molecule has 1 aliphatic heterocycles. The van der Waals surface area contributed by atoms with Crippen molar-refractivity contribution in [3.05, 3.63) is 77.7 Å². The largest absolute Gasteiger partial charge is 0.493 e. The van der Waals surface area contributed by atoms with E-state index in [0.29, 0.717) is 23.7 Å². The molecule has 0 fully saturated rings. The van der Waals surface area contributed by atoms with E-state index in [-0.39, 0.29) is 12.1 Å². The van der Waals surface area contributed by atoms with Gasteiger partial charge in [0.05, 0.1) is 32.2 Å². The van der Waals surface area contributed by atoms with Gasteiger partial charge in [-0.15, -0.1) is 0 Å². The maximum Gasteiger partial charge on any atom is 0.319 e. The third-order valence-corrected chi connectivity index (χ3v) is 5.58. The van der Waals surface area contributed by atoms with E-state index in [1.165, 1.54) is 11.1 Å². The molecule has 162 valence electrons. The molecule has 4 rings (SSSR count). The lowest BCUT2D eigenvalue weighted by Gasteiger charge is -2.34. The maximum absolute atomic E-state index is 12.7. The van der Waals surface area contributed by atoms with Crippen molar-refractivity contribution in [1.82, 2.24) is 10.2 Å². The van der Waals surface area contributed by atoms with Crippen molar-refractivity contribution in [2.45, 2.75) is 19.0 Å². The first-order valence-electron chi connectivity index (χ1n) is 10.3. The Morgan fingerprint density at radius 1 is 1.06 bits per heavy atom. The molecule has 0 unspecified atom stereocenters. The molecule has 2 heterocycles. The van der Waals surface area contributed by atoms with Crippen LogP contribution in [0.3, 0.4) is 0 Å². The number of fused-ring (bicyclic) bond motifs is 1. The first kappa shape index (κ1) is 20.8. The van der Waals surface area contributed by atoms with Crippen LogP contribution in [0.25, 0.3) is 0 Å². The van der Waals surface area contributed by atoms with Crippen LogP contribution in [0.1, 0.15) is 22.9 Å². The van der Waals surface area contributed by atoms with Gasteiger partial charge in [-0.1, -0.05) is 30.3 Å². The number of rotatable bonds is 7. The molecular weight excluding hydrogens is 394 g/mol. The number of para-hydroxylation sites is 1. The highest BCUT2D eigenvalue weighted by Crippen LogP contribution is 2.34. The van der Waals surface area contributed by atoms with Crippen molar-refractivity contribution in [3.63, 3.8) is 0 Å². The number of methoxy groups -OCH3 is 2. The highest BCUT2D eigenvalue weighted by atomic mass is 16.5. The Balaban J connectivity index is 1.45. The van der Waals surface area contributed by atoms with E-state index < -0.39 is 0 Å². The molecule has 7 nitrogen and oxygen atoms in total. The fourth-order valence-corrected chi connectivity index (χ4v) is 4.02. The number of furan rings is 1. The summed E-state index contributed by atoms with van der Waals surface area (Å²) in [7, 11) is 3.11. The van der Waals surface area contributed by atoms with E-state index in [0.717, 1.165) is 25.3 Å². The molecular formula is C24H27N3O4. The van der Waals surface area contributed by atoms with Gasteiger partial charge in [0.1, 0.15) is 5.76 Å². The van der Waals surface area contributed by atoms with E-state index in [9.17, 15) is 4.79 Å². The number of carbonyl (C=O) groups excluding carboxylic acids is 1. The Kier molecular flexibility index (Phi) is 6.43. The lowest BCUT2D eigenvalue weighted by Crippen LogP contribution is -2.41. The molecule has 0 radical (unpaired) electrons. The van der Waals surface area contributed by atoms with Crippen molar-refractivity contribution in [2.75, 3.05) is 32.6 Å². The standard InChI is InChI=1S/C24H27N3O4/c1-29-22-10-5-9-19(23(22)30-2)26-24(28)25-15-20(21-11-6-14-31-21)27-13-12-17-7-3-4-8-18(17)16-27/h3-11,14,20H,12-13,15-16H2,1-2H3,(H2,25,26,28)/t20-/m0/s1. The molecule has 0 spiro atoms. The van der Waals surface area contributed by atoms with Gasteiger partial charge in [-0.25, -0.2) is 4.79 Å². The summed E-state index contributed by atoms with van der Waals surface area (Å²) >= 11 is 0. The number of urea groups is 1. The lowest BCUT2D eigenvalue weighted by atomic mass is 9.98. The Labute approximate surface area is 182 Å². The Hall–Kier alpha value is -3.45. The minimum absolute atomic E-state index is 0.0682. The highest BCUT2D eigenvalue weighted by Gasteiger charge is 2.27. The summed E-state index contributed by atoms with van der Waals surface area (Å²) in [6.45, 7) is 2.12. The molecule has 1 atom stereocenters. The molecule has 2 amide bonds. The number of amides is 2. The smallest absolute Gasteiger partial charge is 0.319 e. The normalized spacial score (nSPS) is 14.4. The second-order valence-corrected chi connectivity index (χ2v) is 7.40. The van der Waals surface area contributed by atoms with E-state index >= 15 is 0 Å². The third kappa shape index (κ3) is 4.67. The molecule has 0 bridgehead atoms. The van der Waals surface area contributed by atoms with Gasteiger partial charge in [0.15, 0.2) is 11.5 Å². The van der Waals surface area contributed by atoms with E-state index in [1.54, 1.807) is 38.7 Å². The monoisotopic (exact) mass is 421 g/mol. The molecule has 1 aliphatic rings. The molecule has 2 N–H and O–H groups in total. The van der Waals surface area contributed by atoms with Crippen molar-refractivity contribution in [3.8, 4) is 11.5 Å². The predicted octanol–water partition coefficient (Wildman–Crippen LogP) is 4.22. The van der Waals surface area contributed by atoms with E-state index in [2.05, 4.69) is 39.8 Å². The number of benzene rings is 2. The third-order valence-electron chi connectivity index (χ3n) is 5.58. The van der Waals surface area contributed by atoms with Gasteiger partial charge in [-0.2, -0.15) is 0 Å². The number of hydrogen-bond acceptors (Lipinski definition) is 5. The highest BCUT2D eigenvalue weighted by molar-refractivity contribution is 5.91. The zero-order chi connectivity index (χ0) is 21.6. The predicted molar refractivity (Wildman–Crippen MR) is 119 cm³/mol. The topological polar surface area (TPSA) is 76.0 Å². The van der Waals surface area contributed by atoms with Crippen LogP contribution in [0.2, 0.25) is 0 Å². The van der Waals surface area contributed by atoms with E-state index in [4.69, 9.17) is 13.9 Å². The van der Waals surface area contributed by atoms with Gasteiger partial charge < -0.3 is 24.5 Å². The summed E-state index contributed by atoms with van der Waals surface area (Å²) in [5.74, 6) is 1.87. The number of nitrogens with one attached hydrogen (secondary N) is 2. The number of hydrogen-bond donors (Lipinski definition) is 2. The Morgan fingerprint density at radius 2 is 1.90 bits per heavy atom. The van der Waals surface area contributed by atoms with Crippen molar-refractivity contribution < 1.29 is 18.7 Å². The molecule has 0 saturated carbocycles. The summed E-state index contributed by atoms with van der Waals surface area (Å²) < 4.78 is 16.4. The van der Waals surface area contributed by atoms with Gasteiger partial charge in [-0.05, 0) is 41.8 Å². The van der Waals surface area contributed by atoms with Crippen LogP contribution in [0.15, 0.2) is 65.3 Å². The summed E-state index contributed by atoms with van der Waals surface area (Å²) in [6, 6.07) is 17.3. The quantitative estimate of drug-likeness (QED) is 0.597. The first-order chi connectivity index (χ1) is 15.2. The fourth-order valence-electron chi connectivity index (χ4n) is 4.02. The summed E-state index contributed by atoms with van der Waals surface area (Å²) in [6.07, 6.45) is 2.64. The van der Waals surface area contributed by atoms with Crippen LogP contribution in [0.5, 0.6) is 11.5 Å². The molecule has 31 heavy (non-hydrogen) atoms. The second-order valence-electron chi connectivity index (χ2n) is 7.40. The Bertz CT molecular complexity index is 1020. The minimum atomic E-state index is -0.319. The van der Waals surface area contributed by atoms with Gasteiger partial charge in [0.25, 0.3) is 0 Å². The zero-order valence-corrected chi connectivity index (χ0v) is 17.8. The van der Waals surface area contributed by atoms with Gasteiger partial charge in [0, 0.05) is 19.6 Å². The summed E-state index contributed by atoms with van der Waals surface area (Å²) in [5.41, 5.74) is 3.24. The van der Waals surface area contributed by atoms with Gasteiger partial charge in [0.2, 0.25) is 0 Å². The van der Waals surface area contributed by atoms with Crippen LogP contribution in [0.4, 0.5) is 10.5 Å². The molecule has 7 heteroatoms. The van der Waals surface area contributed by atoms with Crippen LogP contribution in [-0.2, 0) is 13.0 Å².